The number of hydrogen-bond donors (Lipinski definition) is 1. The third kappa shape index (κ3) is 2.45. The molecule has 0 spiro atoms. The molecule has 0 aliphatic rings. The number of aromatic nitrogens is 1. The molecule has 0 aliphatic carbocycles. The zero-order chi connectivity index (χ0) is 10.7. The first-order chi connectivity index (χ1) is 6.50. The van der Waals surface area contributed by atoms with Crippen LogP contribution in [0.5, 0.6) is 5.75 Å². The molecule has 1 heterocycles. The maximum Gasteiger partial charge on any atom is 0.354 e. The Kier molecular flexibility index (Phi) is 3.06. The number of hydrogen-bond acceptors (Lipinski definition) is 3. The first-order valence-electron chi connectivity index (χ1n) is 4.37. The molecule has 0 aromatic carbocycles. The molecule has 0 aliphatic heterocycles. The smallest absolute Gasteiger partial charge is 0.354 e. The van der Waals surface area contributed by atoms with Gasteiger partial charge in [0.2, 0.25) is 0 Å². The molecule has 0 saturated heterocycles. The van der Waals surface area contributed by atoms with E-state index in [1.165, 1.54) is 12.3 Å². The Hall–Kier alpha value is -1.58. The van der Waals surface area contributed by atoms with Crippen molar-refractivity contribution in [3.63, 3.8) is 0 Å². The molecule has 0 amide bonds. The highest BCUT2D eigenvalue weighted by Crippen LogP contribution is 2.18. The van der Waals surface area contributed by atoms with Crippen molar-refractivity contribution < 1.29 is 14.6 Å². The van der Waals surface area contributed by atoms with E-state index in [0.29, 0.717) is 5.75 Å². The van der Waals surface area contributed by atoms with Gasteiger partial charge in [0.15, 0.2) is 0 Å². The molecule has 0 saturated carbocycles. The molecule has 0 fully saturated rings. The lowest BCUT2D eigenvalue weighted by Crippen LogP contribution is -2.08. The third-order valence-corrected chi connectivity index (χ3v) is 1.64. The molecule has 0 radical (unpaired) electrons. The summed E-state index contributed by atoms with van der Waals surface area (Å²) in [6, 6.07) is 1.50. The summed E-state index contributed by atoms with van der Waals surface area (Å²) in [5, 5.41) is 8.68. The van der Waals surface area contributed by atoms with Crippen LogP contribution < -0.4 is 4.74 Å². The van der Waals surface area contributed by atoms with E-state index in [4.69, 9.17) is 9.84 Å². The lowest BCUT2D eigenvalue weighted by molar-refractivity contribution is 0.0690. The van der Waals surface area contributed by atoms with Crippen molar-refractivity contribution in [3.8, 4) is 5.75 Å². The molecular formula is C10H13NO3. The number of carbonyl (C=O) groups is 1. The average Bonchev–Trinajstić information content (AvgIpc) is 2.07. The maximum absolute atomic E-state index is 10.6. The van der Waals surface area contributed by atoms with E-state index < -0.39 is 5.97 Å². The lowest BCUT2D eigenvalue weighted by atomic mass is 10.2. The molecule has 1 aromatic rings. The monoisotopic (exact) mass is 195 g/mol. The van der Waals surface area contributed by atoms with Crippen molar-refractivity contribution in [2.75, 3.05) is 0 Å². The maximum atomic E-state index is 10.6. The van der Waals surface area contributed by atoms with Crippen LogP contribution >= 0.6 is 0 Å². The van der Waals surface area contributed by atoms with Crippen molar-refractivity contribution in [1.29, 1.82) is 0 Å². The summed E-state index contributed by atoms with van der Waals surface area (Å²) >= 11 is 0. The Bertz CT molecular complexity index is 347. The zero-order valence-electron chi connectivity index (χ0n) is 8.44. The van der Waals surface area contributed by atoms with Crippen LogP contribution in [0.4, 0.5) is 0 Å². The van der Waals surface area contributed by atoms with Crippen LogP contribution in [0.3, 0.4) is 0 Å². The highest BCUT2D eigenvalue weighted by Gasteiger charge is 2.08. The van der Waals surface area contributed by atoms with Crippen molar-refractivity contribution in [1.82, 2.24) is 4.98 Å². The Morgan fingerprint density at radius 3 is 2.64 bits per heavy atom. The van der Waals surface area contributed by atoms with Gasteiger partial charge in [-0.3, -0.25) is 0 Å². The van der Waals surface area contributed by atoms with Gasteiger partial charge in [-0.25, -0.2) is 9.78 Å². The minimum absolute atomic E-state index is 0.0404. The summed E-state index contributed by atoms with van der Waals surface area (Å²) in [7, 11) is 0. The number of nitrogens with zero attached hydrogens (tertiary/aromatic N) is 1. The van der Waals surface area contributed by atoms with Gasteiger partial charge in [-0.05, 0) is 32.4 Å². The molecule has 1 aromatic heterocycles. The number of aryl methyl sites for hydroxylation is 1. The van der Waals surface area contributed by atoms with E-state index in [2.05, 4.69) is 4.98 Å². The number of rotatable bonds is 3. The normalized spacial score (nSPS) is 10.3. The van der Waals surface area contributed by atoms with Crippen LogP contribution in [-0.4, -0.2) is 22.2 Å². The van der Waals surface area contributed by atoms with Gasteiger partial charge in [0.1, 0.15) is 11.4 Å². The second kappa shape index (κ2) is 4.09. The summed E-state index contributed by atoms with van der Waals surface area (Å²) in [6.07, 6.45) is 1.50. The van der Waals surface area contributed by atoms with Crippen molar-refractivity contribution in [2.45, 2.75) is 26.9 Å². The minimum Gasteiger partial charge on any atom is -0.489 e. The van der Waals surface area contributed by atoms with Crippen LogP contribution in [0.25, 0.3) is 0 Å². The fourth-order valence-electron chi connectivity index (χ4n) is 1.04. The highest BCUT2D eigenvalue weighted by molar-refractivity contribution is 5.85. The van der Waals surface area contributed by atoms with Crippen LogP contribution in [0.1, 0.15) is 29.9 Å². The molecule has 4 nitrogen and oxygen atoms in total. The third-order valence-electron chi connectivity index (χ3n) is 1.64. The second-order valence-corrected chi connectivity index (χ2v) is 3.31. The topological polar surface area (TPSA) is 59.4 Å². The molecular weight excluding hydrogens is 182 g/mol. The molecule has 1 rings (SSSR count). The van der Waals surface area contributed by atoms with Crippen LogP contribution in [0.2, 0.25) is 0 Å². The highest BCUT2D eigenvalue weighted by atomic mass is 16.5. The zero-order valence-corrected chi connectivity index (χ0v) is 8.44. The van der Waals surface area contributed by atoms with Gasteiger partial charge in [0.05, 0.1) is 12.3 Å². The Morgan fingerprint density at radius 2 is 2.21 bits per heavy atom. The van der Waals surface area contributed by atoms with E-state index in [0.717, 1.165) is 5.56 Å². The predicted octanol–water partition coefficient (Wildman–Crippen LogP) is 1.88. The number of aromatic carboxylic acids is 1. The summed E-state index contributed by atoms with van der Waals surface area (Å²) in [6.45, 7) is 5.61. The number of ether oxygens (including phenoxy) is 1. The Labute approximate surface area is 82.5 Å². The van der Waals surface area contributed by atoms with Crippen molar-refractivity contribution >= 4 is 5.97 Å². The van der Waals surface area contributed by atoms with Crippen LogP contribution in [0, 0.1) is 6.92 Å². The van der Waals surface area contributed by atoms with Gasteiger partial charge in [-0.2, -0.15) is 0 Å². The Morgan fingerprint density at radius 1 is 1.57 bits per heavy atom. The molecule has 4 heteroatoms. The second-order valence-electron chi connectivity index (χ2n) is 3.31. The largest absolute Gasteiger partial charge is 0.489 e. The SMILES string of the molecule is Cc1cc(C(=O)O)ncc1OC(C)C. The summed E-state index contributed by atoms with van der Waals surface area (Å²) in [5.41, 5.74) is 0.824. The van der Waals surface area contributed by atoms with E-state index in [1.807, 2.05) is 13.8 Å². The summed E-state index contributed by atoms with van der Waals surface area (Å²) in [4.78, 5) is 14.4. The van der Waals surface area contributed by atoms with Gasteiger partial charge in [-0.1, -0.05) is 0 Å². The lowest BCUT2D eigenvalue weighted by Gasteiger charge is -2.11. The van der Waals surface area contributed by atoms with Crippen molar-refractivity contribution in [3.05, 3.63) is 23.5 Å². The van der Waals surface area contributed by atoms with Gasteiger partial charge in [-0.15, -0.1) is 0 Å². The minimum atomic E-state index is -1.02. The summed E-state index contributed by atoms with van der Waals surface area (Å²) in [5.74, 6) is -0.394. The van der Waals surface area contributed by atoms with Gasteiger partial charge < -0.3 is 9.84 Å². The Balaban J connectivity index is 2.95. The number of pyridine rings is 1. The van der Waals surface area contributed by atoms with E-state index in [1.54, 1.807) is 6.92 Å². The average molecular weight is 195 g/mol. The van der Waals surface area contributed by atoms with Crippen LogP contribution in [0.15, 0.2) is 12.3 Å². The fourth-order valence-corrected chi connectivity index (χ4v) is 1.04. The quantitative estimate of drug-likeness (QED) is 0.799. The van der Waals surface area contributed by atoms with Gasteiger partial charge in [0, 0.05) is 0 Å². The van der Waals surface area contributed by atoms with Crippen molar-refractivity contribution in [2.24, 2.45) is 0 Å². The van der Waals surface area contributed by atoms with Crippen LogP contribution in [-0.2, 0) is 0 Å². The van der Waals surface area contributed by atoms with E-state index in [-0.39, 0.29) is 11.8 Å². The van der Waals surface area contributed by atoms with E-state index in [9.17, 15) is 4.79 Å². The number of carboxylic acids is 1. The number of carboxylic acid groups (broad SMARTS) is 1. The molecule has 0 atom stereocenters. The summed E-state index contributed by atoms with van der Waals surface area (Å²) < 4.78 is 5.42. The molecule has 0 unspecified atom stereocenters. The first-order valence-corrected chi connectivity index (χ1v) is 4.37. The molecule has 14 heavy (non-hydrogen) atoms. The van der Waals surface area contributed by atoms with Gasteiger partial charge >= 0.3 is 5.97 Å². The fraction of sp³-hybridized carbons (Fsp3) is 0.400. The first kappa shape index (κ1) is 10.5. The predicted molar refractivity (Wildman–Crippen MR) is 51.7 cm³/mol. The molecule has 1 N–H and O–H groups in total. The standard InChI is InChI=1S/C10H13NO3/c1-6(2)14-9-5-11-8(10(12)13)4-7(9)3/h4-6H,1-3H3,(H,12,13). The van der Waals surface area contributed by atoms with E-state index >= 15 is 0 Å². The van der Waals surface area contributed by atoms with Gasteiger partial charge in [0.25, 0.3) is 0 Å². The molecule has 76 valence electrons. The molecule has 0 bridgehead atoms.